The number of rotatable bonds is 7. The molecule has 0 radical (unpaired) electrons. The van der Waals surface area contributed by atoms with Gasteiger partial charge in [0.05, 0.1) is 16.6 Å². The summed E-state index contributed by atoms with van der Waals surface area (Å²) in [6, 6.07) is 4.81. The summed E-state index contributed by atoms with van der Waals surface area (Å²) < 4.78 is 65.0. The van der Waals surface area contributed by atoms with E-state index < -0.39 is 33.8 Å². The molecule has 27 heavy (non-hydrogen) atoms. The number of benzene rings is 1. The standard InChI is InChI=1S/C17H22F3N3O3S/c1-3-4-5-6-14-11-16(17(18,19)20)21-23(14)13-7-9-15(10-8-13)27(25,26)22-12(2)24/h7-11,14,21H,3-6H2,1-2H3,(H,22,24). The Morgan fingerprint density at radius 3 is 2.37 bits per heavy atom. The number of nitrogens with one attached hydrogen (secondary N) is 2. The van der Waals surface area contributed by atoms with E-state index in [1.54, 1.807) is 0 Å². The average molecular weight is 405 g/mol. The summed E-state index contributed by atoms with van der Waals surface area (Å²) >= 11 is 0. The van der Waals surface area contributed by atoms with Crippen LogP contribution in [0.4, 0.5) is 18.9 Å². The molecule has 1 atom stereocenters. The molecule has 1 aliphatic rings. The summed E-state index contributed by atoms with van der Waals surface area (Å²) in [5.74, 6) is -0.727. The molecule has 0 aliphatic carbocycles. The molecule has 2 N–H and O–H groups in total. The SMILES string of the molecule is CCCCCC1C=C(C(F)(F)F)NN1c1ccc(S(=O)(=O)NC(C)=O)cc1. The van der Waals surface area contributed by atoms with Gasteiger partial charge >= 0.3 is 6.18 Å². The number of allylic oxidation sites excluding steroid dienone is 1. The van der Waals surface area contributed by atoms with Crippen LogP contribution in [0.2, 0.25) is 0 Å². The van der Waals surface area contributed by atoms with Crippen LogP contribution in [0.1, 0.15) is 39.5 Å². The minimum atomic E-state index is -4.49. The minimum Gasteiger partial charge on any atom is -0.294 e. The van der Waals surface area contributed by atoms with Crippen molar-refractivity contribution in [3.05, 3.63) is 36.0 Å². The molecule has 0 bridgehead atoms. The van der Waals surface area contributed by atoms with Gasteiger partial charge in [-0.1, -0.05) is 26.2 Å². The summed E-state index contributed by atoms with van der Waals surface area (Å²) in [6.07, 6.45) is -0.175. The number of carbonyl (C=O) groups excluding carboxylic acids is 1. The number of sulfonamides is 1. The van der Waals surface area contributed by atoms with Gasteiger partial charge in [-0.15, -0.1) is 0 Å². The predicted octanol–water partition coefficient (Wildman–Crippen LogP) is 3.23. The van der Waals surface area contributed by atoms with Crippen LogP contribution >= 0.6 is 0 Å². The Labute approximate surface area is 156 Å². The van der Waals surface area contributed by atoms with Gasteiger partial charge in [0.25, 0.3) is 10.0 Å². The Hall–Kier alpha value is -2.23. The highest BCUT2D eigenvalue weighted by Crippen LogP contribution is 2.32. The van der Waals surface area contributed by atoms with Crippen molar-refractivity contribution < 1.29 is 26.4 Å². The number of alkyl halides is 3. The largest absolute Gasteiger partial charge is 0.432 e. The van der Waals surface area contributed by atoms with E-state index in [0.717, 1.165) is 32.3 Å². The Balaban J connectivity index is 2.23. The van der Waals surface area contributed by atoms with Crippen LogP contribution in [-0.4, -0.2) is 26.5 Å². The molecule has 150 valence electrons. The van der Waals surface area contributed by atoms with Gasteiger partial charge in [0.15, 0.2) is 0 Å². The Morgan fingerprint density at radius 2 is 1.85 bits per heavy atom. The molecule has 1 unspecified atom stereocenters. The maximum absolute atomic E-state index is 13.1. The summed E-state index contributed by atoms with van der Waals surface area (Å²) in [7, 11) is -4.00. The maximum Gasteiger partial charge on any atom is 0.432 e. The van der Waals surface area contributed by atoms with E-state index >= 15 is 0 Å². The molecule has 0 saturated carbocycles. The second kappa shape index (κ2) is 8.20. The molecule has 0 fully saturated rings. The van der Waals surface area contributed by atoms with E-state index in [4.69, 9.17) is 0 Å². The van der Waals surface area contributed by atoms with Gasteiger partial charge in [-0.05, 0) is 36.8 Å². The molecule has 6 nitrogen and oxygen atoms in total. The Bertz CT molecular complexity index is 805. The number of amides is 1. The van der Waals surface area contributed by atoms with Crippen LogP contribution in [-0.2, 0) is 14.8 Å². The number of carbonyl (C=O) groups is 1. The molecule has 1 aromatic rings. The first kappa shape index (κ1) is 21.1. The van der Waals surface area contributed by atoms with Crippen molar-refractivity contribution in [3.8, 4) is 0 Å². The van der Waals surface area contributed by atoms with Crippen molar-refractivity contribution in [3.63, 3.8) is 0 Å². The van der Waals surface area contributed by atoms with Gasteiger partial charge < -0.3 is 0 Å². The fraction of sp³-hybridized carbons (Fsp3) is 0.471. The van der Waals surface area contributed by atoms with Crippen molar-refractivity contribution in [1.29, 1.82) is 0 Å². The fourth-order valence-corrected chi connectivity index (χ4v) is 3.77. The molecule has 0 spiro atoms. The number of hydrogen-bond acceptors (Lipinski definition) is 5. The fourth-order valence-electron chi connectivity index (χ4n) is 2.78. The first-order valence-electron chi connectivity index (χ1n) is 8.53. The highest BCUT2D eigenvalue weighted by atomic mass is 32.2. The summed E-state index contributed by atoms with van der Waals surface area (Å²) in [4.78, 5) is 10.8. The molecule has 10 heteroatoms. The Morgan fingerprint density at radius 1 is 1.22 bits per heavy atom. The minimum absolute atomic E-state index is 0.146. The summed E-state index contributed by atoms with van der Waals surface area (Å²) in [5.41, 5.74) is 1.93. The van der Waals surface area contributed by atoms with Crippen LogP contribution in [0.3, 0.4) is 0 Å². The first-order chi connectivity index (χ1) is 12.5. The molecular weight excluding hydrogens is 383 g/mol. The second-order valence-corrected chi connectivity index (χ2v) is 7.96. The first-order valence-corrected chi connectivity index (χ1v) is 10.0. The topological polar surface area (TPSA) is 78.5 Å². The van der Waals surface area contributed by atoms with E-state index in [1.165, 1.54) is 29.3 Å². The summed E-state index contributed by atoms with van der Waals surface area (Å²) in [5, 5.41) is 1.38. The molecule has 0 saturated heterocycles. The predicted molar refractivity (Wildman–Crippen MR) is 95.1 cm³/mol. The molecule has 1 aromatic carbocycles. The molecular formula is C17H22F3N3O3S. The third-order valence-electron chi connectivity index (χ3n) is 4.04. The zero-order valence-corrected chi connectivity index (χ0v) is 15.8. The van der Waals surface area contributed by atoms with Crippen molar-refractivity contribution >= 4 is 21.6 Å². The zero-order valence-electron chi connectivity index (χ0n) is 15.0. The van der Waals surface area contributed by atoms with Gasteiger partial charge in [0.1, 0.15) is 5.70 Å². The smallest absolute Gasteiger partial charge is 0.294 e. The number of hydrogen-bond donors (Lipinski definition) is 2. The van der Waals surface area contributed by atoms with Gasteiger partial charge in [-0.3, -0.25) is 15.2 Å². The second-order valence-electron chi connectivity index (χ2n) is 6.28. The maximum atomic E-state index is 13.1. The van der Waals surface area contributed by atoms with Crippen LogP contribution in [0.25, 0.3) is 0 Å². The molecule has 2 rings (SSSR count). The van der Waals surface area contributed by atoms with Crippen LogP contribution in [0.15, 0.2) is 40.9 Å². The third kappa shape index (κ3) is 5.38. The lowest BCUT2D eigenvalue weighted by molar-refractivity contribution is -0.117. The van der Waals surface area contributed by atoms with Crippen molar-refractivity contribution in [2.24, 2.45) is 0 Å². The molecule has 1 amide bonds. The quantitative estimate of drug-likeness (QED) is 0.681. The highest BCUT2D eigenvalue weighted by Gasteiger charge is 2.40. The van der Waals surface area contributed by atoms with E-state index in [2.05, 4.69) is 5.43 Å². The van der Waals surface area contributed by atoms with Crippen LogP contribution in [0, 0.1) is 0 Å². The number of anilines is 1. The van der Waals surface area contributed by atoms with Gasteiger partial charge in [0, 0.05) is 6.92 Å². The zero-order chi connectivity index (χ0) is 20.2. The molecule has 1 heterocycles. The number of nitrogens with zero attached hydrogens (tertiary/aromatic N) is 1. The van der Waals surface area contributed by atoms with Gasteiger partial charge in [-0.25, -0.2) is 13.1 Å². The van der Waals surface area contributed by atoms with Crippen LogP contribution in [0.5, 0.6) is 0 Å². The van der Waals surface area contributed by atoms with Crippen molar-refractivity contribution in [1.82, 2.24) is 10.1 Å². The average Bonchev–Trinajstić information content (AvgIpc) is 2.98. The van der Waals surface area contributed by atoms with Crippen molar-refractivity contribution in [2.45, 2.75) is 56.6 Å². The van der Waals surface area contributed by atoms with Crippen molar-refractivity contribution in [2.75, 3.05) is 5.01 Å². The lowest BCUT2D eigenvalue weighted by Crippen LogP contribution is -2.40. The van der Waals surface area contributed by atoms with E-state index in [1.807, 2.05) is 11.6 Å². The highest BCUT2D eigenvalue weighted by molar-refractivity contribution is 7.90. The Kier molecular flexibility index (Phi) is 6.40. The number of unbranched alkanes of at least 4 members (excludes halogenated alkanes) is 2. The van der Waals surface area contributed by atoms with E-state index in [0.29, 0.717) is 12.1 Å². The van der Waals surface area contributed by atoms with Gasteiger partial charge in [-0.2, -0.15) is 13.2 Å². The number of halogens is 3. The lowest BCUT2D eigenvalue weighted by Gasteiger charge is -2.27. The van der Waals surface area contributed by atoms with E-state index in [-0.39, 0.29) is 4.90 Å². The van der Waals surface area contributed by atoms with E-state index in [9.17, 15) is 26.4 Å². The number of hydrazine groups is 1. The molecule has 0 aromatic heterocycles. The molecule has 1 aliphatic heterocycles. The van der Waals surface area contributed by atoms with Gasteiger partial charge in [0.2, 0.25) is 5.91 Å². The third-order valence-corrected chi connectivity index (χ3v) is 5.49. The normalized spacial score (nSPS) is 17.4. The monoisotopic (exact) mass is 405 g/mol. The summed E-state index contributed by atoms with van der Waals surface area (Å²) in [6.45, 7) is 3.08. The van der Waals surface area contributed by atoms with Crippen LogP contribution < -0.4 is 15.2 Å². The lowest BCUT2D eigenvalue weighted by atomic mass is 10.1.